The van der Waals surface area contributed by atoms with E-state index in [1.54, 1.807) is 0 Å². The molecule has 2 nitrogen and oxygen atoms in total. The van der Waals surface area contributed by atoms with Crippen molar-refractivity contribution in [2.75, 3.05) is 0 Å². The zero-order valence-corrected chi connectivity index (χ0v) is 6.64. The van der Waals surface area contributed by atoms with Gasteiger partial charge in [0.15, 0.2) is 12.6 Å². The third-order valence-electron chi connectivity index (χ3n) is 1.09. The Balaban J connectivity index is 0.000000261. The summed E-state index contributed by atoms with van der Waals surface area (Å²) < 4.78 is 0. The van der Waals surface area contributed by atoms with Gasteiger partial charge in [-0.1, -0.05) is 43.0 Å². The number of aldehydes is 2. The first kappa shape index (κ1) is 10.3. The maximum absolute atomic E-state index is 8.81. The largest absolute Gasteiger partial charge is 0.295 e. The van der Waals surface area contributed by atoms with E-state index in [0.717, 1.165) is 0 Å². The highest BCUT2D eigenvalue weighted by molar-refractivity contribution is 6.09. The predicted octanol–water partition coefficient (Wildman–Crippen LogP) is 1.71. The zero-order chi connectivity index (χ0) is 9.23. The van der Waals surface area contributed by atoms with Crippen molar-refractivity contribution in [1.29, 1.82) is 0 Å². The van der Waals surface area contributed by atoms with Crippen LogP contribution < -0.4 is 0 Å². The molecule has 0 aliphatic rings. The molecule has 0 saturated carbocycles. The number of hydrogen-bond donors (Lipinski definition) is 0. The van der Waals surface area contributed by atoms with Crippen LogP contribution in [0.3, 0.4) is 0 Å². The first-order valence-electron chi connectivity index (χ1n) is 3.41. The Morgan fingerprint density at radius 2 is 1.50 bits per heavy atom. The van der Waals surface area contributed by atoms with Crippen LogP contribution in [0.5, 0.6) is 0 Å². The van der Waals surface area contributed by atoms with Crippen molar-refractivity contribution in [2.24, 2.45) is 0 Å². The molecule has 12 heavy (non-hydrogen) atoms. The van der Waals surface area contributed by atoms with Crippen LogP contribution in [0.4, 0.5) is 0 Å². The lowest BCUT2D eigenvalue weighted by Crippen LogP contribution is -1.63. The summed E-state index contributed by atoms with van der Waals surface area (Å²) in [4.78, 5) is 17.6. The summed E-state index contributed by atoms with van der Waals surface area (Å²) in [5, 5.41) is 0. The minimum absolute atomic E-state index is 0.194. The second-order valence-electron chi connectivity index (χ2n) is 1.89. The van der Waals surface area contributed by atoms with Crippen LogP contribution in [0.2, 0.25) is 0 Å². The number of rotatable bonds is 2. The molecule has 0 heterocycles. The first-order valence-corrected chi connectivity index (χ1v) is 3.41. The first-order chi connectivity index (χ1) is 5.85. The molecule has 0 bridgehead atoms. The Labute approximate surface area is 71.5 Å². The molecule has 0 unspecified atom stereocenters. The van der Waals surface area contributed by atoms with Crippen molar-refractivity contribution >= 4 is 18.6 Å². The predicted molar refractivity (Wildman–Crippen MR) is 48.7 cm³/mol. The second-order valence-corrected chi connectivity index (χ2v) is 1.89. The van der Waals surface area contributed by atoms with E-state index in [-0.39, 0.29) is 12.6 Å². The minimum Gasteiger partial charge on any atom is -0.295 e. The van der Waals surface area contributed by atoms with E-state index in [9.17, 15) is 0 Å². The molecule has 62 valence electrons. The maximum atomic E-state index is 8.81. The van der Waals surface area contributed by atoms with Gasteiger partial charge in [-0.2, -0.15) is 0 Å². The molecular weight excluding hydrogens is 152 g/mol. The van der Waals surface area contributed by atoms with Crippen molar-refractivity contribution in [3.8, 4) is 0 Å². The molecule has 0 aliphatic heterocycles. The van der Waals surface area contributed by atoms with E-state index < -0.39 is 0 Å². The Hall–Kier alpha value is -1.70. The van der Waals surface area contributed by atoms with Crippen molar-refractivity contribution in [1.82, 2.24) is 0 Å². The summed E-state index contributed by atoms with van der Waals surface area (Å²) in [5.41, 5.74) is 1.17. The third-order valence-corrected chi connectivity index (χ3v) is 1.09. The summed E-state index contributed by atoms with van der Waals surface area (Å²) in [6.07, 6.45) is 2.22. The highest BCUT2D eigenvalue weighted by Gasteiger charge is 1.75. The summed E-state index contributed by atoms with van der Waals surface area (Å²) in [6, 6.07) is 10.0. The maximum Gasteiger partial charge on any atom is 0.182 e. The molecule has 0 radical (unpaired) electrons. The highest BCUT2D eigenvalue weighted by atomic mass is 16.2. The lowest BCUT2D eigenvalue weighted by Gasteiger charge is -1.85. The van der Waals surface area contributed by atoms with Crippen LogP contribution >= 0.6 is 0 Å². The molecule has 0 aliphatic carbocycles. The quantitative estimate of drug-likeness (QED) is 0.490. The molecule has 1 aromatic carbocycles. The summed E-state index contributed by atoms with van der Waals surface area (Å²) in [6.45, 7) is 3.63. The van der Waals surface area contributed by atoms with Gasteiger partial charge >= 0.3 is 0 Å². The van der Waals surface area contributed by atoms with Crippen LogP contribution in [0.1, 0.15) is 5.56 Å². The van der Waals surface area contributed by atoms with Crippen molar-refractivity contribution in [3.05, 3.63) is 42.5 Å². The van der Waals surface area contributed by atoms with Crippen LogP contribution in [-0.2, 0) is 9.59 Å². The Morgan fingerprint density at radius 3 is 1.75 bits per heavy atom. The van der Waals surface area contributed by atoms with Gasteiger partial charge in [0.1, 0.15) is 0 Å². The topological polar surface area (TPSA) is 34.1 Å². The van der Waals surface area contributed by atoms with E-state index in [2.05, 4.69) is 6.58 Å². The fraction of sp³-hybridized carbons (Fsp3) is 0. The van der Waals surface area contributed by atoms with E-state index in [1.165, 1.54) is 5.56 Å². The van der Waals surface area contributed by atoms with Crippen molar-refractivity contribution in [3.63, 3.8) is 0 Å². The average Bonchev–Trinajstić information content (AvgIpc) is 2.19. The monoisotopic (exact) mass is 162 g/mol. The third kappa shape index (κ3) is 5.11. The normalized spacial score (nSPS) is 7.33. The molecule has 0 N–H and O–H groups in total. The minimum atomic E-state index is 0.194. The van der Waals surface area contributed by atoms with E-state index in [1.807, 2.05) is 36.4 Å². The molecule has 0 fully saturated rings. The molecule has 0 atom stereocenters. The number of carbonyl (C=O) groups excluding carboxylic acids is 2. The molecule has 1 aromatic rings. The molecule has 0 aromatic heterocycles. The van der Waals surface area contributed by atoms with Crippen molar-refractivity contribution in [2.45, 2.75) is 0 Å². The van der Waals surface area contributed by atoms with Gasteiger partial charge < -0.3 is 0 Å². The summed E-state index contributed by atoms with van der Waals surface area (Å²) in [7, 11) is 0. The van der Waals surface area contributed by atoms with Crippen LogP contribution in [-0.4, -0.2) is 12.6 Å². The molecular formula is C10H10O2. The zero-order valence-electron chi connectivity index (χ0n) is 6.64. The van der Waals surface area contributed by atoms with Gasteiger partial charge in [0.25, 0.3) is 0 Å². The fourth-order valence-electron chi connectivity index (χ4n) is 0.589. The summed E-state index contributed by atoms with van der Waals surface area (Å²) >= 11 is 0. The molecule has 0 amide bonds. The van der Waals surface area contributed by atoms with Gasteiger partial charge in [-0.05, 0) is 5.56 Å². The highest BCUT2D eigenvalue weighted by Crippen LogP contribution is 1.97. The van der Waals surface area contributed by atoms with E-state index >= 15 is 0 Å². The van der Waals surface area contributed by atoms with Crippen LogP contribution in [0.15, 0.2) is 36.9 Å². The van der Waals surface area contributed by atoms with Gasteiger partial charge in [-0.15, -0.1) is 0 Å². The van der Waals surface area contributed by atoms with Gasteiger partial charge in [-0.3, -0.25) is 9.59 Å². The van der Waals surface area contributed by atoms with Crippen LogP contribution in [0.25, 0.3) is 6.08 Å². The smallest absolute Gasteiger partial charge is 0.182 e. The van der Waals surface area contributed by atoms with E-state index in [4.69, 9.17) is 9.59 Å². The Morgan fingerprint density at radius 1 is 1.00 bits per heavy atom. The van der Waals surface area contributed by atoms with Gasteiger partial charge in [0.05, 0.1) is 0 Å². The van der Waals surface area contributed by atoms with E-state index in [0.29, 0.717) is 0 Å². The number of carbonyl (C=O) groups is 2. The summed E-state index contributed by atoms with van der Waals surface area (Å²) in [5.74, 6) is 0. The molecule has 2 heteroatoms. The Bertz CT molecular complexity index is 233. The van der Waals surface area contributed by atoms with Gasteiger partial charge in [0.2, 0.25) is 0 Å². The van der Waals surface area contributed by atoms with Gasteiger partial charge in [-0.25, -0.2) is 0 Å². The standard InChI is InChI=1S/C8H8.C2H2O2/c1-2-8-6-4-3-5-7-8;3-1-2-4/h2-7H,1H2;1-2H. The van der Waals surface area contributed by atoms with Gasteiger partial charge in [0, 0.05) is 0 Å². The lowest BCUT2D eigenvalue weighted by atomic mass is 10.2. The van der Waals surface area contributed by atoms with Crippen molar-refractivity contribution < 1.29 is 9.59 Å². The second kappa shape index (κ2) is 7.41. The Kier molecular flexibility index (Phi) is 6.36. The molecule has 0 spiro atoms. The van der Waals surface area contributed by atoms with Crippen LogP contribution in [0, 0.1) is 0 Å². The molecule has 0 saturated heterocycles. The average molecular weight is 162 g/mol. The lowest BCUT2D eigenvalue weighted by molar-refractivity contribution is -0.122. The molecule has 1 rings (SSSR count). The fourth-order valence-corrected chi connectivity index (χ4v) is 0.589. The SMILES string of the molecule is C=Cc1ccccc1.O=CC=O. The number of hydrogen-bond acceptors (Lipinski definition) is 2. The number of benzene rings is 1.